The van der Waals surface area contributed by atoms with Crippen molar-refractivity contribution in [2.75, 3.05) is 7.11 Å². The number of methoxy groups -OCH3 is 1. The predicted molar refractivity (Wildman–Crippen MR) is 73.5 cm³/mol. The van der Waals surface area contributed by atoms with Crippen molar-refractivity contribution in [1.82, 2.24) is 4.98 Å². The summed E-state index contributed by atoms with van der Waals surface area (Å²) in [6.45, 7) is 8.29. The SMILES string of the molecule is COCc1cc(B2OC(C)(C)C(C)(C)O2)[nH]c(=O)c1. The van der Waals surface area contributed by atoms with E-state index in [-0.39, 0.29) is 5.56 Å². The molecule has 0 bridgehead atoms. The van der Waals surface area contributed by atoms with Crippen LogP contribution in [0.1, 0.15) is 33.3 Å². The molecule has 5 nitrogen and oxygen atoms in total. The Balaban J connectivity index is 2.31. The number of pyridine rings is 1. The molecule has 1 aliphatic heterocycles. The average molecular weight is 265 g/mol. The second-order valence-electron chi connectivity index (χ2n) is 5.83. The van der Waals surface area contributed by atoms with Crippen LogP contribution in [0.15, 0.2) is 16.9 Å². The van der Waals surface area contributed by atoms with Gasteiger partial charge in [-0.1, -0.05) is 0 Å². The number of H-pyrrole nitrogens is 1. The Labute approximate surface area is 113 Å². The highest BCUT2D eigenvalue weighted by Gasteiger charge is 2.52. The molecule has 1 aliphatic rings. The van der Waals surface area contributed by atoms with Crippen molar-refractivity contribution in [3.8, 4) is 0 Å². The molecule has 0 aromatic carbocycles. The number of nitrogens with one attached hydrogen (secondary N) is 1. The van der Waals surface area contributed by atoms with Crippen molar-refractivity contribution in [1.29, 1.82) is 0 Å². The second kappa shape index (κ2) is 4.78. The average Bonchev–Trinajstić information content (AvgIpc) is 2.48. The molecular weight excluding hydrogens is 245 g/mol. The van der Waals surface area contributed by atoms with E-state index in [1.165, 1.54) is 6.07 Å². The maximum Gasteiger partial charge on any atom is 0.512 e. The van der Waals surface area contributed by atoms with Crippen LogP contribution in [0.2, 0.25) is 0 Å². The standard InChI is InChI=1S/C13H20BNO4/c1-12(2)13(3,4)19-14(18-12)10-6-9(8-17-5)7-11(16)15-10/h6-7H,8H2,1-5H3,(H,15,16). The minimum atomic E-state index is -0.561. The van der Waals surface area contributed by atoms with Gasteiger partial charge in [-0.05, 0) is 39.3 Å². The fourth-order valence-corrected chi connectivity index (χ4v) is 1.97. The highest BCUT2D eigenvalue weighted by atomic mass is 16.7. The van der Waals surface area contributed by atoms with E-state index in [1.807, 2.05) is 33.8 Å². The van der Waals surface area contributed by atoms with E-state index >= 15 is 0 Å². The van der Waals surface area contributed by atoms with Crippen LogP contribution < -0.4 is 11.2 Å². The Hall–Kier alpha value is -1.11. The van der Waals surface area contributed by atoms with Gasteiger partial charge < -0.3 is 19.0 Å². The zero-order valence-electron chi connectivity index (χ0n) is 12.1. The molecule has 2 heterocycles. The first kappa shape index (κ1) is 14.3. The molecule has 1 aromatic heterocycles. The number of ether oxygens (including phenoxy) is 1. The molecule has 19 heavy (non-hydrogen) atoms. The van der Waals surface area contributed by atoms with Crippen LogP contribution in [0.25, 0.3) is 0 Å². The van der Waals surface area contributed by atoms with Crippen molar-refractivity contribution in [3.63, 3.8) is 0 Å². The fourth-order valence-electron chi connectivity index (χ4n) is 1.97. The van der Waals surface area contributed by atoms with Gasteiger partial charge in [0.05, 0.1) is 17.8 Å². The van der Waals surface area contributed by atoms with E-state index < -0.39 is 18.3 Å². The Morgan fingerprint density at radius 3 is 2.32 bits per heavy atom. The third-order valence-corrected chi connectivity index (χ3v) is 3.74. The molecule has 0 amide bonds. The summed E-state index contributed by atoms with van der Waals surface area (Å²) in [6.07, 6.45) is 0. The molecule has 104 valence electrons. The van der Waals surface area contributed by atoms with Crippen LogP contribution in [0, 0.1) is 0 Å². The minimum Gasteiger partial charge on any atom is -0.398 e. The predicted octanol–water partition coefficient (Wildman–Crippen LogP) is 0.821. The summed E-state index contributed by atoms with van der Waals surface area (Å²) in [6, 6.07) is 3.35. The van der Waals surface area contributed by atoms with Gasteiger partial charge in [0.25, 0.3) is 0 Å². The third-order valence-electron chi connectivity index (χ3n) is 3.74. The van der Waals surface area contributed by atoms with Gasteiger partial charge in [0, 0.05) is 18.8 Å². The number of aromatic amines is 1. The van der Waals surface area contributed by atoms with Gasteiger partial charge in [-0.2, -0.15) is 0 Å². The summed E-state index contributed by atoms with van der Waals surface area (Å²) >= 11 is 0. The summed E-state index contributed by atoms with van der Waals surface area (Å²) in [4.78, 5) is 14.4. The topological polar surface area (TPSA) is 60.6 Å². The Morgan fingerprint density at radius 1 is 1.21 bits per heavy atom. The summed E-state index contributed by atoms with van der Waals surface area (Å²) in [5, 5.41) is 0. The van der Waals surface area contributed by atoms with Gasteiger partial charge in [0.15, 0.2) is 0 Å². The normalized spacial score (nSPS) is 20.8. The van der Waals surface area contributed by atoms with Crippen LogP contribution >= 0.6 is 0 Å². The molecule has 0 radical (unpaired) electrons. The first-order chi connectivity index (χ1) is 8.75. The van der Waals surface area contributed by atoms with Crippen LogP contribution in [0.4, 0.5) is 0 Å². The molecule has 0 spiro atoms. The van der Waals surface area contributed by atoms with E-state index in [9.17, 15) is 4.79 Å². The summed E-state index contributed by atoms with van der Waals surface area (Å²) in [5.74, 6) is 0. The Kier molecular flexibility index (Phi) is 3.60. The van der Waals surface area contributed by atoms with Crippen LogP contribution in [0.3, 0.4) is 0 Å². The molecule has 0 aliphatic carbocycles. The molecule has 1 fully saturated rings. The molecule has 0 unspecified atom stereocenters. The third kappa shape index (κ3) is 2.75. The number of aromatic nitrogens is 1. The van der Waals surface area contributed by atoms with Gasteiger partial charge in [-0.15, -0.1) is 0 Å². The first-order valence-corrected chi connectivity index (χ1v) is 6.33. The largest absolute Gasteiger partial charge is 0.512 e. The van der Waals surface area contributed by atoms with Crippen molar-refractivity contribution >= 4 is 12.7 Å². The van der Waals surface area contributed by atoms with Gasteiger partial charge in [-0.25, -0.2) is 0 Å². The van der Waals surface area contributed by atoms with E-state index in [0.717, 1.165) is 5.56 Å². The first-order valence-electron chi connectivity index (χ1n) is 6.33. The molecule has 1 N–H and O–H groups in total. The van der Waals surface area contributed by atoms with Gasteiger partial charge in [-0.3, -0.25) is 4.79 Å². The lowest BCUT2D eigenvalue weighted by atomic mass is 9.83. The fraction of sp³-hybridized carbons (Fsp3) is 0.615. The number of hydrogen-bond acceptors (Lipinski definition) is 4. The highest BCUT2D eigenvalue weighted by Crippen LogP contribution is 2.36. The number of rotatable bonds is 3. The van der Waals surface area contributed by atoms with Crippen LogP contribution in [0.5, 0.6) is 0 Å². The quantitative estimate of drug-likeness (QED) is 0.822. The van der Waals surface area contributed by atoms with E-state index in [4.69, 9.17) is 14.0 Å². The lowest BCUT2D eigenvalue weighted by molar-refractivity contribution is 0.00578. The van der Waals surface area contributed by atoms with Crippen molar-refractivity contribution in [2.24, 2.45) is 0 Å². The smallest absolute Gasteiger partial charge is 0.398 e. The molecule has 0 atom stereocenters. The van der Waals surface area contributed by atoms with Crippen molar-refractivity contribution < 1.29 is 14.0 Å². The Morgan fingerprint density at radius 2 is 1.79 bits per heavy atom. The minimum absolute atomic E-state index is 0.181. The van der Waals surface area contributed by atoms with E-state index in [1.54, 1.807) is 7.11 Å². The molecule has 6 heteroatoms. The van der Waals surface area contributed by atoms with E-state index in [0.29, 0.717) is 12.2 Å². The monoisotopic (exact) mass is 265 g/mol. The summed E-state index contributed by atoms with van der Waals surface area (Å²) in [5.41, 5.74) is 0.394. The molecular formula is C13H20BNO4. The van der Waals surface area contributed by atoms with E-state index in [2.05, 4.69) is 4.98 Å². The van der Waals surface area contributed by atoms with Gasteiger partial charge in [0.1, 0.15) is 0 Å². The van der Waals surface area contributed by atoms with Gasteiger partial charge >= 0.3 is 7.12 Å². The maximum absolute atomic E-state index is 11.6. The molecule has 1 aromatic rings. The zero-order chi connectivity index (χ0) is 14.3. The second-order valence-corrected chi connectivity index (χ2v) is 5.83. The summed E-state index contributed by atoms with van der Waals surface area (Å²) in [7, 11) is 1.03. The molecule has 0 saturated carbocycles. The lowest BCUT2D eigenvalue weighted by Crippen LogP contribution is -2.41. The summed E-state index contributed by atoms with van der Waals surface area (Å²) < 4.78 is 16.9. The highest BCUT2D eigenvalue weighted by molar-refractivity contribution is 6.61. The number of hydrogen-bond donors (Lipinski definition) is 1. The van der Waals surface area contributed by atoms with Gasteiger partial charge in [0.2, 0.25) is 5.56 Å². The molecule has 1 saturated heterocycles. The molecule has 2 rings (SSSR count). The lowest BCUT2D eigenvalue weighted by Gasteiger charge is -2.32. The maximum atomic E-state index is 11.6. The van der Waals surface area contributed by atoms with Crippen LogP contribution in [-0.2, 0) is 20.7 Å². The zero-order valence-corrected chi connectivity index (χ0v) is 12.1. The van der Waals surface area contributed by atoms with Crippen molar-refractivity contribution in [2.45, 2.75) is 45.5 Å². The van der Waals surface area contributed by atoms with Crippen LogP contribution in [-0.4, -0.2) is 30.4 Å². The Bertz CT molecular complexity index is 508. The van der Waals surface area contributed by atoms with Crippen molar-refractivity contribution in [3.05, 3.63) is 28.0 Å².